The van der Waals surface area contributed by atoms with Gasteiger partial charge in [0.1, 0.15) is 0 Å². The summed E-state index contributed by atoms with van der Waals surface area (Å²) in [7, 11) is 0. The van der Waals surface area contributed by atoms with Crippen LogP contribution in [0.25, 0.3) is 0 Å². The zero-order chi connectivity index (χ0) is 13.8. The first kappa shape index (κ1) is 13.3. The van der Waals surface area contributed by atoms with Crippen molar-refractivity contribution >= 4 is 17.5 Å². The summed E-state index contributed by atoms with van der Waals surface area (Å²) >= 11 is 5.63. The molecule has 1 aromatic heterocycles. The molecule has 0 unspecified atom stereocenters. The molecule has 2 rings (SSSR count). The molecule has 19 heavy (non-hydrogen) atoms. The van der Waals surface area contributed by atoms with Crippen molar-refractivity contribution in [1.82, 2.24) is 15.0 Å². The number of anilines is 1. The lowest BCUT2D eigenvalue weighted by molar-refractivity contribution is 0.302. The fourth-order valence-corrected chi connectivity index (χ4v) is 1.42. The maximum atomic E-state index is 13.6. The molecule has 0 saturated carbocycles. The first-order valence-corrected chi connectivity index (χ1v) is 5.74. The van der Waals surface area contributed by atoms with Gasteiger partial charge in [-0.05, 0) is 19.1 Å². The van der Waals surface area contributed by atoms with Gasteiger partial charge in [0.2, 0.25) is 5.95 Å². The number of aromatic nitrogens is 3. The number of ether oxygens (including phenoxy) is 2. The van der Waals surface area contributed by atoms with Gasteiger partial charge >= 0.3 is 12.0 Å². The van der Waals surface area contributed by atoms with E-state index >= 15 is 0 Å². The molecule has 0 amide bonds. The van der Waals surface area contributed by atoms with E-state index in [0.29, 0.717) is 6.61 Å². The van der Waals surface area contributed by atoms with Gasteiger partial charge in [-0.25, -0.2) is 4.39 Å². The van der Waals surface area contributed by atoms with Crippen LogP contribution in [0, 0.1) is 5.82 Å². The summed E-state index contributed by atoms with van der Waals surface area (Å²) < 4.78 is 23.9. The number of nitrogen functional groups attached to an aromatic ring is 1. The highest BCUT2D eigenvalue weighted by molar-refractivity contribution is 6.30. The quantitative estimate of drug-likeness (QED) is 0.928. The van der Waals surface area contributed by atoms with E-state index in [-0.39, 0.29) is 28.7 Å². The molecular weight excluding hydrogens is 275 g/mol. The normalized spacial score (nSPS) is 10.3. The highest BCUT2D eigenvalue weighted by Gasteiger charge is 2.12. The third-order valence-corrected chi connectivity index (χ3v) is 2.29. The lowest BCUT2D eigenvalue weighted by Gasteiger charge is -2.07. The van der Waals surface area contributed by atoms with E-state index in [9.17, 15) is 4.39 Å². The van der Waals surface area contributed by atoms with Crippen molar-refractivity contribution in [3.05, 3.63) is 29.0 Å². The molecule has 1 aromatic carbocycles. The summed E-state index contributed by atoms with van der Waals surface area (Å²) in [5.74, 6) is -0.905. The van der Waals surface area contributed by atoms with Crippen LogP contribution in [0.3, 0.4) is 0 Å². The zero-order valence-corrected chi connectivity index (χ0v) is 10.7. The van der Waals surface area contributed by atoms with Gasteiger partial charge < -0.3 is 15.2 Å². The Hall–Kier alpha value is -2.15. The highest BCUT2D eigenvalue weighted by Crippen LogP contribution is 2.27. The minimum Gasteiger partial charge on any atom is -0.464 e. The standard InChI is InChI=1S/C11H10ClFN4O2/c1-2-18-10-15-9(14)16-11(17-10)19-7-5-3-4-6(12)8(7)13/h3-5H,2H2,1H3,(H2,14,15,16,17). The predicted octanol–water partition coefficient (Wildman–Crippen LogP) is 2.44. The number of nitrogens with two attached hydrogens (primary N) is 1. The summed E-state index contributed by atoms with van der Waals surface area (Å²) in [4.78, 5) is 11.3. The van der Waals surface area contributed by atoms with Crippen LogP contribution in [0.4, 0.5) is 10.3 Å². The topological polar surface area (TPSA) is 83.2 Å². The fraction of sp³-hybridized carbons (Fsp3) is 0.182. The van der Waals surface area contributed by atoms with E-state index in [2.05, 4.69) is 15.0 Å². The van der Waals surface area contributed by atoms with Crippen molar-refractivity contribution in [1.29, 1.82) is 0 Å². The molecule has 1 heterocycles. The van der Waals surface area contributed by atoms with Gasteiger partial charge in [-0.3, -0.25) is 0 Å². The molecule has 0 spiro atoms. The van der Waals surface area contributed by atoms with Crippen LogP contribution in [0.15, 0.2) is 18.2 Å². The Kier molecular flexibility index (Phi) is 3.96. The zero-order valence-electron chi connectivity index (χ0n) is 9.93. The van der Waals surface area contributed by atoms with Crippen molar-refractivity contribution in [2.24, 2.45) is 0 Å². The van der Waals surface area contributed by atoms with Crippen LogP contribution in [0.2, 0.25) is 5.02 Å². The Morgan fingerprint density at radius 3 is 2.74 bits per heavy atom. The monoisotopic (exact) mass is 284 g/mol. The third kappa shape index (κ3) is 3.19. The van der Waals surface area contributed by atoms with Crippen LogP contribution < -0.4 is 15.2 Å². The second-order valence-corrected chi connectivity index (χ2v) is 3.75. The SMILES string of the molecule is CCOc1nc(N)nc(Oc2cccc(Cl)c2F)n1. The van der Waals surface area contributed by atoms with E-state index in [1.54, 1.807) is 6.92 Å². The van der Waals surface area contributed by atoms with E-state index in [4.69, 9.17) is 26.8 Å². The van der Waals surface area contributed by atoms with Crippen molar-refractivity contribution in [3.63, 3.8) is 0 Å². The minimum absolute atomic E-state index is 0.00689. The number of nitrogens with zero attached hydrogens (tertiary/aromatic N) is 3. The number of benzene rings is 1. The number of hydrogen-bond donors (Lipinski definition) is 1. The summed E-state index contributed by atoms with van der Waals surface area (Å²) in [6.07, 6.45) is 0. The molecule has 8 heteroatoms. The average Bonchev–Trinajstić information content (AvgIpc) is 2.35. The Balaban J connectivity index is 2.30. The molecule has 0 atom stereocenters. The van der Waals surface area contributed by atoms with E-state index < -0.39 is 5.82 Å². The molecule has 0 radical (unpaired) electrons. The second kappa shape index (κ2) is 5.66. The smallest absolute Gasteiger partial charge is 0.330 e. The first-order chi connectivity index (χ1) is 9.10. The molecular formula is C11H10ClFN4O2. The molecule has 2 N–H and O–H groups in total. The molecule has 6 nitrogen and oxygen atoms in total. The Bertz CT molecular complexity index is 597. The van der Waals surface area contributed by atoms with Gasteiger partial charge in [-0.2, -0.15) is 9.97 Å². The average molecular weight is 285 g/mol. The van der Waals surface area contributed by atoms with Gasteiger partial charge in [0.25, 0.3) is 0 Å². The number of hydrogen-bond acceptors (Lipinski definition) is 6. The molecule has 100 valence electrons. The maximum absolute atomic E-state index is 13.6. The fourth-order valence-electron chi connectivity index (χ4n) is 1.25. The van der Waals surface area contributed by atoms with Crippen LogP contribution in [-0.4, -0.2) is 21.6 Å². The van der Waals surface area contributed by atoms with Crippen molar-refractivity contribution in [2.45, 2.75) is 6.92 Å². The van der Waals surface area contributed by atoms with Gasteiger partial charge in [-0.1, -0.05) is 17.7 Å². The molecule has 0 aliphatic carbocycles. The Morgan fingerprint density at radius 1 is 1.26 bits per heavy atom. The first-order valence-electron chi connectivity index (χ1n) is 5.36. The summed E-state index contributed by atoms with van der Waals surface area (Å²) in [6.45, 7) is 2.12. The van der Waals surface area contributed by atoms with Crippen molar-refractivity contribution in [2.75, 3.05) is 12.3 Å². The van der Waals surface area contributed by atoms with E-state index in [0.717, 1.165) is 0 Å². The summed E-state index contributed by atoms with van der Waals surface area (Å²) in [5, 5.41) is -0.0652. The largest absolute Gasteiger partial charge is 0.464 e. The van der Waals surface area contributed by atoms with E-state index in [1.165, 1.54) is 18.2 Å². The Labute approximate surface area is 113 Å². The van der Waals surface area contributed by atoms with Crippen LogP contribution >= 0.6 is 11.6 Å². The highest BCUT2D eigenvalue weighted by atomic mass is 35.5. The van der Waals surface area contributed by atoms with Gasteiger partial charge in [0.15, 0.2) is 11.6 Å². The number of rotatable bonds is 4. The van der Waals surface area contributed by atoms with Gasteiger partial charge in [-0.15, -0.1) is 4.98 Å². The Morgan fingerprint density at radius 2 is 2.00 bits per heavy atom. The van der Waals surface area contributed by atoms with Crippen molar-refractivity contribution < 1.29 is 13.9 Å². The molecule has 0 aliphatic rings. The predicted molar refractivity (Wildman–Crippen MR) is 66.9 cm³/mol. The van der Waals surface area contributed by atoms with Gasteiger partial charge in [0.05, 0.1) is 11.6 Å². The minimum atomic E-state index is -0.707. The second-order valence-electron chi connectivity index (χ2n) is 3.35. The van der Waals surface area contributed by atoms with Gasteiger partial charge in [0, 0.05) is 0 Å². The van der Waals surface area contributed by atoms with Crippen LogP contribution in [0.1, 0.15) is 6.92 Å². The molecule has 0 saturated heterocycles. The lowest BCUT2D eigenvalue weighted by atomic mass is 10.3. The summed E-state index contributed by atoms with van der Waals surface area (Å²) in [6, 6.07) is 4.16. The molecule has 0 fully saturated rings. The third-order valence-electron chi connectivity index (χ3n) is 2.00. The lowest BCUT2D eigenvalue weighted by Crippen LogP contribution is -2.05. The number of halogens is 2. The van der Waals surface area contributed by atoms with Crippen molar-refractivity contribution in [3.8, 4) is 17.8 Å². The van der Waals surface area contributed by atoms with Crippen LogP contribution in [0.5, 0.6) is 17.8 Å². The molecule has 0 bridgehead atoms. The van der Waals surface area contributed by atoms with E-state index in [1.807, 2.05) is 0 Å². The van der Waals surface area contributed by atoms with Crippen LogP contribution in [-0.2, 0) is 0 Å². The summed E-state index contributed by atoms with van der Waals surface area (Å²) in [5.41, 5.74) is 5.47. The molecule has 0 aliphatic heterocycles. The maximum Gasteiger partial charge on any atom is 0.330 e. The molecule has 2 aromatic rings.